The zero-order valence-corrected chi connectivity index (χ0v) is 75.0. The number of nitrogen functional groups attached to an aromatic ring is 3. The molecule has 0 saturated heterocycles. The van der Waals surface area contributed by atoms with Gasteiger partial charge in [-0.05, 0) is 225 Å². The zero-order chi connectivity index (χ0) is 86.3. The molecule has 35 nitrogen and oxygen atoms in total. The quantitative estimate of drug-likeness (QED) is 0.0669. The van der Waals surface area contributed by atoms with Crippen LogP contribution in [0.2, 0.25) is 25.2 Å². The Hall–Kier alpha value is -10.1. The van der Waals surface area contributed by atoms with Gasteiger partial charge in [-0.25, -0.2) is 49.5 Å². The van der Waals surface area contributed by atoms with Gasteiger partial charge in [0.25, 0.3) is 45.9 Å². The third-order valence-corrected chi connectivity index (χ3v) is 23.5. The van der Waals surface area contributed by atoms with E-state index in [1.54, 1.807) is 97.9 Å². The van der Waals surface area contributed by atoms with Gasteiger partial charge in [-0.3, -0.25) is 56.6 Å². The highest BCUT2D eigenvalue weighted by molar-refractivity contribution is 6.43. The summed E-state index contributed by atoms with van der Waals surface area (Å²) in [6.07, 6.45) is 21.4. The van der Waals surface area contributed by atoms with Crippen LogP contribution in [0.3, 0.4) is 0 Å². The summed E-state index contributed by atoms with van der Waals surface area (Å²) < 4.78 is 22.6. The fourth-order valence-electron chi connectivity index (χ4n) is 16.4. The number of nitrogens with zero attached hydrogens (tertiary/aromatic N) is 13. The van der Waals surface area contributed by atoms with Crippen LogP contribution in [0, 0.1) is 34.6 Å². The van der Waals surface area contributed by atoms with Gasteiger partial charge in [0.05, 0.1) is 11.4 Å². The monoisotopic (exact) mass is 1890 g/mol. The molecule has 0 unspecified atom stereocenters. The van der Waals surface area contributed by atoms with Crippen LogP contribution in [0.25, 0.3) is 0 Å². The summed E-state index contributed by atoms with van der Waals surface area (Å²) in [7, 11) is 0. The zero-order valence-electron chi connectivity index (χ0n) is 68.7. The van der Waals surface area contributed by atoms with E-state index in [1.807, 2.05) is 20.8 Å². The summed E-state index contributed by atoms with van der Waals surface area (Å²) in [5.74, 6) is 0.0436. The predicted octanol–water partition coefficient (Wildman–Crippen LogP) is 16.4. The highest BCUT2D eigenvalue weighted by Crippen LogP contribution is 2.44. The molecule has 8 aliphatic rings. The molecule has 8 aromatic rings. The van der Waals surface area contributed by atoms with E-state index in [9.17, 15) is 47.9 Å². The van der Waals surface area contributed by atoms with Crippen molar-refractivity contribution in [3.63, 3.8) is 0 Å². The lowest BCUT2D eigenvalue weighted by Crippen LogP contribution is -2.48. The number of nitrogens with one attached hydrogen (secondary N) is 6. The molecule has 0 radical (unpaired) electrons. The number of hydrogen-bond acceptors (Lipinski definition) is 26. The molecule has 4 spiro atoms. The Labute approximate surface area is 766 Å². The standard InChI is InChI=1S/C18H19ClN4O3.2C17H19ClN6O2.C14H19Cl2N3O4.C13H17N3O2.3CH4.3ClH/c1-10-8-12(26-16-13(19)11(2)20-9-21-16)17(25)23-14(10)15(24)22-18(23)6-4-3-5-7-18;2*1-9-7-10(22-14-11(18)13(19)20-8-21-14)16(26)24-12(9)15(25)23-17(24)5-3-2-4-6-17;1-13(2,3)22-11(20)19(12(21)23-14(4,5)6)10-8(15)9(16)17-7-18-10;1-8-7-9(14)12(18)16-10(8)11(17)15-13(16)5-3-2-4-6-13;;;;;;/h8-9H,3-7H2,1-2H3,(H,22,24);2*7-8H,2-6H2,1H3,(H,23,25)(H3,19,20,21,22);7H,1-6H3;7H,2-6,14H2,1H3,(H,15,17);3*1H4;3*1H. The second kappa shape index (κ2) is 41.1. The summed E-state index contributed by atoms with van der Waals surface area (Å²) >= 11 is 30.3. The van der Waals surface area contributed by atoms with Crippen LogP contribution < -0.4 is 81.0 Å². The van der Waals surface area contributed by atoms with Crippen molar-refractivity contribution in [1.82, 2.24) is 79.4 Å². The van der Waals surface area contributed by atoms with Crippen molar-refractivity contribution < 1.29 is 43.0 Å². The maximum atomic E-state index is 13.2. The number of hydrogen-bond donors (Lipinski definition) is 9. The first kappa shape index (κ1) is 104. The molecule has 4 fully saturated rings. The molecular weight excluding hydrogens is 1780 g/mol. The minimum Gasteiger partial charge on any atom is -0.443 e. The van der Waals surface area contributed by atoms with Crippen molar-refractivity contribution in [2.45, 2.75) is 261 Å². The van der Waals surface area contributed by atoms with E-state index in [4.69, 9.17) is 89.4 Å². The molecule has 4 aliphatic heterocycles. The fourth-order valence-corrected chi connectivity index (χ4v) is 17.1. The van der Waals surface area contributed by atoms with Gasteiger partial charge in [0.2, 0.25) is 5.88 Å². The maximum Gasteiger partial charge on any atom is 0.425 e. The number of pyridine rings is 4. The smallest absolute Gasteiger partial charge is 0.425 e. The molecule has 8 aromatic heterocycles. The fraction of sp³-hybridized carbons (Fsp3) is 0.488. The minimum atomic E-state index is -0.983. The Morgan fingerprint density at radius 2 is 0.736 bits per heavy atom. The number of anilines is 8. The van der Waals surface area contributed by atoms with Gasteiger partial charge in [0.15, 0.2) is 28.4 Å². The van der Waals surface area contributed by atoms with Crippen LogP contribution in [0.4, 0.5) is 55.7 Å². The van der Waals surface area contributed by atoms with Crippen molar-refractivity contribution in [2.24, 2.45) is 0 Å². The number of ether oxygens (including phenoxy) is 3. The van der Waals surface area contributed by atoms with Crippen molar-refractivity contribution in [3.8, 4) is 11.6 Å². The lowest BCUT2D eigenvalue weighted by atomic mass is 9.89. The summed E-state index contributed by atoms with van der Waals surface area (Å²) in [5, 5.41) is 18.4. The van der Waals surface area contributed by atoms with Crippen molar-refractivity contribution in [1.29, 1.82) is 0 Å². The van der Waals surface area contributed by atoms with Gasteiger partial charge in [-0.1, -0.05) is 106 Å². The molecule has 16 rings (SSSR count). The molecule has 4 aliphatic carbocycles. The van der Waals surface area contributed by atoms with Crippen LogP contribution in [0.15, 0.2) is 68.8 Å². The molecule has 12 heterocycles. The first-order valence-corrected chi connectivity index (χ1v) is 40.8. The lowest BCUT2D eigenvalue weighted by molar-refractivity contribution is 0.0427. The second-order valence-electron chi connectivity index (χ2n) is 32.5. The van der Waals surface area contributed by atoms with Gasteiger partial charge < -0.3 is 63.3 Å². The Bertz CT molecular complexity index is 5270. The van der Waals surface area contributed by atoms with Crippen LogP contribution >= 0.6 is 95.2 Å². The molecule has 6 amide bonds. The van der Waals surface area contributed by atoms with E-state index >= 15 is 0 Å². The van der Waals surface area contributed by atoms with Gasteiger partial charge in [-0.15, -0.1) is 37.2 Å². The van der Waals surface area contributed by atoms with Crippen LogP contribution in [-0.4, -0.2) is 105 Å². The number of nitrogens with two attached hydrogens (primary N) is 3. The SMILES string of the molecule is C.C.C.CC(C)(C)OC(=O)N(C(=O)OC(C)(C)C)c1ncnc(Cl)c1Cl.Cc1cc(N)c(=O)n2c1C(=O)NC21CCCCC1.Cc1cc(Nc2ncnc(N)c2Cl)c(=O)n2c1C(=O)NC21CCCCC1.Cc1cc(Nc2ncnc(N)c2Cl)c(=O)n2c1C(=O)NC21CCCCC1.Cc1cc(Oc2ncnc(C)c2Cl)c(=O)n2c1C(=O)NC21CCCCC1.Cl.Cl.Cl. The van der Waals surface area contributed by atoms with E-state index in [-0.39, 0.29) is 177 Å². The Morgan fingerprint density at radius 3 is 1.10 bits per heavy atom. The van der Waals surface area contributed by atoms with Crippen molar-refractivity contribution in [2.75, 3.05) is 32.7 Å². The largest absolute Gasteiger partial charge is 0.443 e. The second-order valence-corrected chi connectivity index (χ2v) is 34.3. The van der Waals surface area contributed by atoms with Gasteiger partial charge in [0.1, 0.15) is 125 Å². The van der Waals surface area contributed by atoms with Gasteiger partial charge >= 0.3 is 12.2 Å². The number of fused-ring (bicyclic) bond motifs is 8. The third-order valence-electron chi connectivity index (χ3n) is 21.6. The van der Waals surface area contributed by atoms with E-state index in [2.05, 4.69) is 71.8 Å². The molecule has 0 atom stereocenters. The van der Waals surface area contributed by atoms with Crippen molar-refractivity contribution in [3.05, 3.63) is 167 Å². The van der Waals surface area contributed by atoms with Crippen LogP contribution in [0.5, 0.6) is 11.6 Å². The number of carbonyl (C=O) groups is 6. The Balaban J connectivity index is 0.000000240. The van der Waals surface area contributed by atoms with Crippen LogP contribution in [0.1, 0.15) is 262 Å². The highest BCUT2D eigenvalue weighted by atomic mass is 35.5. The summed E-state index contributed by atoms with van der Waals surface area (Å²) in [5.41, 5.74) is 17.9. The highest BCUT2D eigenvalue weighted by Gasteiger charge is 2.50. The molecule has 680 valence electrons. The molecular formula is C82H108Cl8N22O13. The summed E-state index contributed by atoms with van der Waals surface area (Å²) in [6, 6.07) is 6.45. The number of rotatable bonds is 7. The maximum absolute atomic E-state index is 13.2. The molecule has 125 heavy (non-hydrogen) atoms. The minimum absolute atomic E-state index is 0. The lowest BCUT2D eigenvalue weighted by Gasteiger charge is -2.35. The number of imide groups is 1. The Morgan fingerprint density at radius 1 is 0.416 bits per heavy atom. The molecule has 0 aromatic carbocycles. The van der Waals surface area contributed by atoms with E-state index in [1.165, 1.54) is 19.0 Å². The third kappa shape index (κ3) is 21.1. The van der Waals surface area contributed by atoms with Gasteiger partial charge in [-0.2, -0.15) is 4.90 Å². The summed E-state index contributed by atoms with van der Waals surface area (Å²) in [4.78, 5) is 158. The molecule has 12 N–H and O–H groups in total. The predicted molar refractivity (Wildman–Crippen MR) is 491 cm³/mol. The average Bonchev–Trinajstić information content (AvgIpc) is 1.60. The first-order chi connectivity index (χ1) is 56.1. The first-order valence-electron chi connectivity index (χ1n) is 38.9. The topological polar surface area (TPSA) is 475 Å². The molecule has 4 saturated carbocycles. The van der Waals surface area contributed by atoms with Crippen LogP contribution in [-0.2, 0) is 32.1 Å². The Kier molecular flexibility index (Phi) is 34.1. The number of halogens is 8. The number of aromatic nitrogens is 12. The van der Waals surface area contributed by atoms with E-state index in [0.29, 0.717) is 61.4 Å². The molecule has 43 heteroatoms. The van der Waals surface area contributed by atoms with E-state index in [0.717, 1.165) is 140 Å². The van der Waals surface area contributed by atoms with Crippen molar-refractivity contribution >= 4 is 177 Å². The van der Waals surface area contributed by atoms with E-state index < -0.39 is 46.0 Å². The molecule has 0 bridgehead atoms. The number of aryl methyl sites for hydroxylation is 5. The number of amides is 6. The average molecular weight is 1890 g/mol. The van der Waals surface area contributed by atoms with Gasteiger partial charge in [0, 0.05) is 0 Å². The normalized spacial score (nSPS) is 16.3. The number of carbonyl (C=O) groups excluding carboxylic acids is 6. The summed E-state index contributed by atoms with van der Waals surface area (Å²) in [6.45, 7) is 18.9.